The zero-order chi connectivity index (χ0) is 19.0. The van der Waals surface area contributed by atoms with E-state index in [-0.39, 0.29) is 29.7 Å². The van der Waals surface area contributed by atoms with Crippen LogP contribution in [0.5, 0.6) is 11.9 Å². The minimum atomic E-state index is -1.06. The standard InChI is InChI=1S/C20H29N3O4/c1-3-26-17-16(10-21-19(22-17)27-4-2)20(25)14-6-5-7-15(20)12-23(11-14)18(24)13-8-9-13/h10,13-15,25H,3-9,11-12H2,1-2H3. The summed E-state index contributed by atoms with van der Waals surface area (Å²) in [6.45, 7) is 5.89. The van der Waals surface area contributed by atoms with Crippen molar-refractivity contribution < 1.29 is 19.4 Å². The van der Waals surface area contributed by atoms with E-state index in [2.05, 4.69) is 9.97 Å². The van der Waals surface area contributed by atoms with Gasteiger partial charge in [-0.1, -0.05) is 6.42 Å². The summed E-state index contributed by atoms with van der Waals surface area (Å²) >= 11 is 0. The Morgan fingerprint density at radius 1 is 1.19 bits per heavy atom. The second-order valence-corrected chi connectivity index (χ2v) is 7.91. The number of piperidine rings is 1. The fourth-order valence-corrected chi connectivity index (χ4v) is 4.73. The van der Waals surface area contributed by atoms with Gasteiger partial charge in [0.15, 0.2) is 0 Å². The van der Waals surface area contributed by atoms with Gasteiger partial charge in [-0.2, -0.15) is 4.98 Å². The van der Waals surface area contributed by atoms with Crippen molar-refractivity contribution in [3.63, 3.8) is 0 Å². The van der Waals surface area contributed by atoms with Gasteiger partial charge in [0.25, 0.3) is 0 Å². The Balaban J connectivity index is 1.66. The minimum Gasteiger partial charge on any atom is -0.478 e. The van der Waals surface area contributed by atoms with Crippen molar-refractivity contribution in [2.45, 2.75) is 51.6 Å². The van der Waals surface area contributed by atoms with Crippen molar-refractivity contribution in [2.24, 2.45) is 17.8 Å². The maximum Gasteiger partial charge on any atom is 0.319 e. The smallest absolute Gasteiger partial charge is 0.319 e. The molecule has 3 fully saturated rings. The van der Waals surface area contributed by atoms with E-state index in [9.17, 15) is 9.90 Å². The topological polar surface area (TPSA) is 84.8 Å². The normalized spacial score (nSPS) is 30.1. The lowest BCUT2D eigenvalue weighted by Crippen LogP contribution is -2.59. The van der Waals surface area contributed by atoms with Gasteiger partial charge < -0.3 is 19.5 Å². The van der Waals surface area contributed by atoms with Gasteiger partial charge in [-0.05, 0) is 39.5 Å². The number of nitrogens with zero attached hydrogens (tertiary/aromatic N) is 3. The molecule has 7 nitrogen and oxygen atoms in total. The van der Waals surface area contributed by atoms with Crippen molar-refractivity contribution in [1.29, 1.82) is 0 Å². The van der Waals surface area contributed by atoms with E-state index in [0.29, 0.717) is 37.7 Å². The number of aromatic nitrogens is 2. The lowest BCUT2D eigenvalue weighted by Gasteiger charge is -2.53. The number of fused-ring (bicyclic) bond motifs is 2. The van der Waals surface area contributed by atoms with Gasteiger partial charge in [0.2, 0.25) is 11.8 Å². The maximum absolute atomic E-state index is 12.6. The van der Waals surface area contributed by atoms with E-state index >= 15 is 0 Å². The molecular formula is C20H29N3O4. The average molecular weight is 375 g/mol. The molecule has 2 aliphatic carbocycles. The van der Waals surface area contributed by atoms with E-state index in [1.807, 2.05) is 18.7 Å². The van der Waals surface area contributed by atoms with E-state index in [0.717, 1.165) is 32.1 Å². The first-order chi connectivity index (χ1) is 13.1. The molecule has 2 unspecified atom stereocenters. The van der Waals surface area contributed by atoms with Gasteiger partial charge in [-0.25, -0.2) is 4.98 Å². The SMILES string of the molecule is CCOc1ncc(C2(O)C3CCCC2CN(C(=O)C2CC2)C3)c(OCC)n1. The summed E-state index contributed by atoms with van der Waals surface area (Å²) in [4.78, 5) is 23.3. The highest BCUT2D eigenvalue weighted by molar-refractivity contribution is 5.81. The van der Waals surface area contributed by atoms with Crippen molar-refractivity contribution in [2.75, 3.05) is 26.3 Å². The number of hydrogen-bond donors (Lipinski definition) is 1. The van der Waals surface area contributed by atoms with E-state index in [4.69, 9.17) is 9.47 Å². The van der Waals surface area contributed by atoms with Crippen molar-refractivity contribution >= 4 is 5.91 Å². The molecule has 1 N–H and O–H groups in total. The van der Waals surface area contributed by atoms with Crippen LogP contribution in [0, 0.1) is 17.8 Å². The molecule has 4 rings (SSSR count). The molecule has 27 heavy (non-hydrogen) atoms. The van der Waals surface area contributed by atoms with Crippen LogP contribution in [0.2, 0.25) is 0 Å². The molecule has 1 aromatic heterocycles. The molecule has 2 saturated carbocycles. The molecule has 2 atom stereocenters. The Labute approximate surface area is 160 Å². The number of carbonyl (C=O) groups excluding carboxylic acids is 1. The van der Waals surface area contributed by atoms with Gasteiger partial charge in [-0.15, -0.1) is 0 Å². The van der Waals surface area contributed by atoms with Crippen LogP contribution in [0.15, 0.2) is 6.20 Å². The van der Waals surface area contributed by atoms with E-state index < -0.39 is 5.60 Å². The van der Waals surface area contributed by atoms with Gasteiger partial charge in [0, 0.05) is 37.0 Å². The van der Waals surface area contributed by atoms with Crippen LogP contribution in [-0.4, -0.2) is 52.2 Å². The first-order valence-corrected chi connectivity index (χ1v) is 10.2. The van der Waals surface area contributed by atoms with Gasteiger partial charge in [0.05, 0.1) is 18.8 Å². The van der Waals surface area contributed by atoms with E-state index in [1.54, 1.807) is 6.20 Å². The number of hydrogen-bond acceptors (Lipinski definition) is 6. The molecule has 7 heteroatoms. The highest BCUT2D eigenvalue weighted by Crippen LogP contribution is 2.51. The molecule has 0 spiro atoms. The Morgan fingerprint density at radius 2 is 1.85 bits per heavy atom. The molecule has 2 bridgehead atoms. The largest absolute Gasteiger partial charge is 0.478 e. The number of ether oxygens (including phenoxy) is 2. The Kier molecular flexibility index (Phi) is 4.97. The zero-order valence-electron chi connectivity index (χ0n) is 16.2. The number of amides is 1. The summed E-state index contributed by atoms with van der Waals surface area (Å²) in [7, 11) is 0. The van der Waals surface area contributed by atoms with Crippen LogP contribution < -0.4 is 9.47 Å². The molecule has 3 aliphatic rings. The quantitative estimate of drug-likeness (QED) is 0.820. The van der Waals surface area contributed by atoms with Crippen LogP contribution in [0.3, 0.4) is 0 Å². The monoisotopic (exact) mass is 375 g/mol. The molecule has 148 valence electrons. The molecule has 1 aromatic rings. The lowest BCUT2D eigenvalue weighted by atomic mass is 9.63. The van der Waals surface area contributed by atoms with Gasteiger partial charge in [0.1, 0.15) is 5.60 Å². The lowest BCUT2D eigenvalue weighted by molar-refractivity contribution is -0.164. The summed E-state index contributed by atoms with van der Waals surface area (Å²) in [5.41, 5.74) is -0.422. The van der Waals surface area contributed by atoms with Crippen molar-refractivity contribution in [3.8, 4) is 11.9 Å². The summed E-state index contributed by atoms with van der Waals surface area (Å²) in [5.74, 6) is 0.839. The Bertz CT molecular complexity index is 692. The van der Waals surface area contributed by atoms with Gasteiger partial charge in [-0.3, -0.25) is 4.79 Å². The van der Waals surface area contributed by atoms with Crippen molar-refractivity contribution in [3.05, 3.63) is 11.8 Å². The summed E-state index contributed by atoms with van der Waals surface area (Å²) in [5, 5.41) is 11.9. The first-order valence-electron chi connectivity index (χ1n) is 10.2. The fraction of sp³-hybridized carbons (Fsp3) is 0.750. The van der Waals surface area contributed by atoms with E-state index in [1.165, 1.54) is 0 Å². The molecule has 0 radical (unpaired) electrons. The third-order valence-corrected chi connectivity index (χ3v) is 6.19. The number of aliphatic hydroxyl groups is 1. The Hall–Kier alpha value is -1.89. The molecular weight excluding hydrogens is 346 g/mol. The second kappa shape index (κ2) is 7.26. The zero-order valence-corrected chi connectivity index (χ0v) is 16.2. The van der Waals surface area contributed by atoms with Crippen LogP contribution >= 0.6 is 0 Å². The Morgan fingerprint density at radius 3 is 2.44 bits per heavy atom. The number of rotatable bonds is 6. The van der Waals surface area contributed by atoms with Crippen LogP contribution in [-0.2, 0) is 10.4 Å². The summed E-state index contributed by atoms with van der Waals surface area (Å²) < 4.78 is 11.2. The third-order valence-electron chi connectivity index (χ3n) is 6.19. The number of likely N-dealkylation sites (tertiary alicyclic amines) is 1. The average Bonchev–Trinajstić information content (AvgIpc) is 3.46. The van der Waals surface area contributed by atoms with Gasteiger partial charge >= 0.3 is 6.01 Å². The van der Waals surface area contributed by atoms with Crippen LogP contribution in [0.25, 0.3) is 0 Å². The summed E-state index contributed by atoms with van der Waals surface area (Å²) in [6.07, 6.45) is 6.53. The molecule has 1 aliphatic heterocycles. The van der Waals surface area contributed by atoms with Crippen LogP contribution in [0.4, 0.5) is 0 Å². The predicted octanol–water partition coefficient (Wildman–Crippen LogP) is 2.13. The van der Waals surface area contributed by atoms with Crippen LogP contribution in [0.1, 0.15) is 51.5 Å². The number of carbonyl (C=O) groups is 1. The highest BCUT2D eigenvalue weighted by atomic mass is 16.5. The first kappa shape index (κ1) is 18.5. The fourth-order valence-electron chi connectivity index (χ4n) is 4.73. The third kappa shape index (κ3) is 3.26. The minimum absolute atomic E-state index is 0.0200. The molecule has 1 saturated heterocycles. The predicted molar refractivity (Wildman–Crippen MR) is 98.4 cm³/mol. The highest BCUT2D eigenvalue weighted by Gasteiger charge is 2.55. The maximum atomic E-state index is 12.6. The molecule has 1 amide bonds. The molecule has 0 aromatic carbocycles. The van der Waals surface area contributed by atoms with Crippen molar-refractivity contribution in [1.82, 2.24) is 14.9 Å². The molecule has 2 heterocycles. The second-order valence-electron chi connectivity index (χ2n) is 7.91. The summed E-state index contributed by atoms with van der Waals surface area (Å²) in [6, 6.07) is 0.264.